The summed E-state index contributed by atoms with van der Waals surface area (Å²) in [6, 6.07) is 3.21. The van der Waals surface area contributed by atoms with Crippen LogP contribution >= 0.6 is 0 Å². The maximum atomic E-state index is 13.6. The molecule has 1 saturated heterocycles. The Morgan fingerprint density at radius 1 is 1.29 bits per heavy atom. The molecule has 1 saturated carbocycles. The minimum absolute atomic E-state index is 0.0709. The summed E-state index contributed by atoms with van der Waals surface area (Å²) in [5, 5.41) is 10.1. The van der Waals surface area contributed by atoms with Gasteiger partial charge in [-0.15, -0.1) is 0 Å². The Kier molecular flexibility index (Phi) is 3.95. The number of ketones is 1. The SMILES string of the molecule is CC(=O)c1cc(F)cc(CN2CCN(C3CC3)CC2)c1O. The molecule has 1 aliphatic heterocycles. The van der Waals surface area contributed by atoms with Gasteiger partial charge in [0.05, 0.1) is 5.56 Å². The van der Waals surface area contributed by atoms with E-state index < -0.39 is 5.82 Å². The van der Waals surface area contributed by atoms with Crippen LogP contribution in [-0.4, -0.2) is 52.9 Å². The van der Waals surface area contributed by atoms with Crippen LogP contribution in [0.2, 0.25) is 0 Å². The third-order valence-electron chi connectivity index (χ3n) is 4.40. The largest absolute Gasteiger partial charge is 0.507 e. The van der Waals surface area contributed by atoms with Gasteiger partial charge in [-0.25, -0.2) is 4.39 Å². The lowest BCUT2D eigenvalue weighted by Gasteiger charge is -2.35. The van der Waals surface area contributed by atoms with Crippen molar-refractivity contribution < 1.29 is 14.3 Å². The summed E-state index contributed by atoms with van der Waals surface area (Å²) in [5.74, 6) is -0.857. The summed E-state index contributed by atoms with van der Waals surface area (Å²) >= 11 is 0. The van der Waals surface area contributed by atoms with Crippen molar-refractivity contribution in [2.24, 2.45) is 0 Å². The molecule has 5 heteroatoms. The Balaban J connectivity index is 1.68. The maximum absolute atomic E-state index is 13.6. The second-order valence-corrected chi connectivity index (χ2v) is 6.06. The fraction of sp³-hybridized carbons (Fsp3) is 0.562. The second kappa shape index (κ2) is 5.73. The zero-order chi connectivity index (χ0) is 15.0. The van der Waals surface area contributed by atoms with Crippen molar-refractivity contribution >= 4 is 5.78 Å². The van der Waals surface area contributed by atoms with Crippen molar-refractivity contribution in [1.29, 1.82) is 0 Å². The van der Waals surface area contributed by atoms with Crippen LogP contribution < -0.4 is 0 Å². The highest BCUT2D eigenvalue weighted by atomic mass is 19.1. The molecule has 21 heavy (non-hydrogen) atoms. The van der Waals surface area contributed by atoms with Crippen LogP contribution in [0.1, 0.15) is 35.7 Å². The summed E-state index contributed by atoms with van der Waals surface area (Å²) in [5.41, 5.74) is 0.571. The lowest BCUT2D eigenvalue weighted by Crippen LogP contribution is -2.46. The van der Waals surface area contributed by atoms with Gasteiger partial charge in [0.15, 0.2) is 5.78 Å². The Morgan fingerprint density at radius 2 is 1.95 bits per heavy atom. The van der Waals surface area contributed by atoms with E-state index in [-0.39, 0.29) is 17.1 Å². The Hall–Kier alpha value is -1.46. The number of Topliss-reactive ketones (excluding diaryl/α,β-unsaturated/α-hetero) is 1. The molecule has 0 bridgehead atoms. The zero-order valence-electron chi connectivity index (χ0n) is 12.3. The van der Waals surface area contributed by atoms with Crippen LogP contribution in [0.5, 0.6) is 5.75 Å². The Labute approximate surface area is 124 Å². The first kappa shape index (κ1) is 14.5. The minimum Gasteiger partial charge on any atom is -0.507 e. The topological polar surface area (TPSA) is 43.8 Å². The van der Waals surface area contributed by atoms with Gasteiger partial charge in [-0.3, -0.25) is 14.6 Å². The summed E-state index contributed by atoms with van der Waals surface area (Å²) in [7, 11) is 0. The van der Waals surface area contributed by atoms with E-state index in [1.54, 1.807) is 0 Å². The van der Waals surface area contributed by atoms with E-state index in [0.717, 1.165) is 38.3 Å². The number of aromatic hydroxyl groups is 1. The molecular formula is C16H21FN2O2. The minimum atomic E-state index is -0.468. The molecule has 1 aliphatic carbocycles. The quantitative estimate of drug-likeness (QED) is 0.862. The van der Waals surface area contributed by atoms with Crippen molar-refractivity contribution in [2.75, 3.05) is 26.2 Å². The van der Waals surface area contributed by atoms with Crippen LogP contribution in [0.15, 0.2) is 12.1 Å². The van der Waals surface area contributed by atoms with Crippen molar-refractivity contribution in [2.45, 2.75) is 32.4 Å². The normalized spacial score (nSPS) is 20.7. The third-order valence-corrected chi connectivity index (χ3v) is 4.40. The van der Waals surface area contributed by atoms with E-state index in [0.29, 0.717) is 12.1 Å². The van der Waals surface area contributed by atoms with Gasteiger partial charge < -0.3 is 5.11 Å². The van der Waals surface area contributed by atoms with Gasteiger partial charge >= 0.3 is 0 Å². The lowest BCUT2D eigenvalue weighted by molar-refractivity contribution is 0.101. The number of hydrogen-bond donors (Lipinski definition) is 1. The summed E-state index contributed by atoms with van der Waals surface area (Å²) in [6.07, 6.45) is 2.62. The smallest absolute Gasteiger partial charge is 0.163 e. The number of halogens is 1. The van der Waals surface area contributed by atoms with Crippen LogP contribution in [0.4, 0.5) is 4.39 Å². The predicted molar refractivity (Wildman–Crippen MR) is 77.9 cm³/mol. The Morgan fingerprint density at radius 3 is 2.52 bits per heavy atom. The molecule has 1 aromatic carbocycles. The number of hydrogen-bond acceptors (Lipinski definition) is 4. The summed E-state index contributed by atoms with van der Waals surface area (Å²) in [6.45, 7) is 5.72. The second-order valence-electron chi connectivity index (χ2n) is 6.06. The molecule has 0 amide bonds. The fourth-order valence-corrected chi connectivity index (χ4v) is 3.01. The first-order valence-electron chi connectivity index (χ1n) is 7.53. The van der Waals surface area contributed by atoms with Gasteiger partial charge in [0.2, 0.25) is 0 Å². The number of nitrogens with zero attached hydrogens (tertiary/aromatic N) is 2. The van der Waals surface area contributed by atoms with Gasteiger partial charge in [-0.05, 0) is 31.9 Å². The van der Waals surface area contributed by atoms with E-state index in [9.17, 15) is 14.3 Å². The van der Waals surface area contributed by atoms with Crippen LogP contribution in [0, 0.1) is 5.82 Å². The predicted octanol–water partition coefficient (Wildman–Crippen LogP) is 2.01. The van der Waals surface area contributed by atoms with E-state index in [4.69, 9.17) is 0 Å². The van der Waals surface area contributed by atoms with E-state index in [2.05, 4.69) is 9.80 Å². The standard InChI is InChI=1S/C16H21FN2O2/c1-11(20)15-9-13(17)8-12(16(15)21)10-18-4-6-19(7-5-18)14-2-3-14/h8-9,14,21H,2-7,10H2,1H3. The van der Waals surface area contributed by atoms with Crippen molar-refractivity contribution in [3.05, 3.63) is 29.1 Å². The molecule has 1 N–H and O–H groups in total. The first-order chi connectivity index (χ1) is 10.0. The van der Waals surface area contributed by atoms with Crippen molar-refractivity contribution in [1.82, 2.24) is 9.80 Å². The maximum Gasteiger partial charge on any atom is 0.163 e. The molecule has 3 rings (SSSR count). The number of benzene rings is 1. The average molecular weight is 292 g/mol. The van der Waals surface area contributed by atoms with Gasteiger partial charge in [-0.1, -0.05) is 0 Å². The van der Waals surface area contributed by atoms with Gasteiger partial charge in [0.1, 0.15) is 11.6 Å². The molecule has 1 heterocycles. The molecular weight excluding hydrogens is 271 g/mol. The van der Waals surface area contributed by atoms with E-state index in [1.807, 2.05) is 0 Å². The molecule has 1 aromatic rings. The molecule has 0 unspecified atom stereocenters. The number of piperazine rings is 1. The number of rotatable bonds is 4. The highest BCUT2D eigenvalue weighted by molar-refractivity contribution is 5.97. The molecule has 114 valence electrons. The molecule has 0 atom stereocenters. The average Bonchev–Trinajstić information content (AvgIpc) is 3.27. The molecule has 4 nitrogen and oxygen atoms in total. The van der Waals surface area contributed by atoms with Crippen LogP contribution in [0.3, 0.4) is 0 Å². The van der Waals surface area contributed by atoms with Gasteiger partial charge in [0, 0.05) is 44.3 Å². The monoisotopic (exact) mass is 292 g/mol. The number of phenolic OH excluding ortho intramolecular Hbond substituents is 1. The van der Waals surface area contributed by atoms with E-state index in [1.165, 1.54) is 25.8 Å². The number of carbonyl (C=O) groups excluding carboxylic acids is 1. The molecule has 0 aromatic heterocycles. The van der Waals surface area contributed by atoms with Crippen LogP contribution in [-0.2, 0) is 6.54 Å². The molecule has 0 spiro atoms. The summed E-state index contributed by atoms with van der Waals surface area (Å²) < 4.78 is 13.6. The van der Waals surface area contributed by atoms with Crippen molar-refractivity contribution in [3.63, 3.8) is 0 Å². The zero-order valence-corrected chi connectivity index (χ0v) is 12.3. The van der Waals surface area contributed by atoms with Gasteiger partial charge in [0.25, 0.3) is 0 Å². The lowest BCUT2D eigenvalue weighted by atomic mass is 10.0. The molecule has 2 fully saturated rings. The van der Waals surface area contributed by atoms with E-state index >= 15 is 0 Å². The first-order valence-corrected chi connectivity index (χ1v) is 7.53. The third kappa shape index (κ3) is 3.24. The van der Waals surface area contributed by atoms with Gasteiger partial charge in [-0.2, -0.15) is 0 Å². The van der Waals surface area contributed by atoms with Crippen molar-refractivity contribution in [3.8, 4) is 5.75 Å². The molecule has 2 aliphatic rings. The summed E-state index contributed by atoms with van der Waals surface area (Å²) in [4.78, 5) is 16.1. The number of phenols is 1. The fourth-order valence-electron chi connectivity index (χ4n) is 3.01. The molecule has 0 radical (unpaired) electrons. The highest BCUT2D eigenvalue weighted by Crippen LogP contribution is 2.29. The highest BCUT2D eigenvalue weighted by Gasteiger charge is 2.31. The Bertz CT molecular complexity index is 549. The number of carbonyl (C=O) groups is 1. The van der Waals surface area contributed by atoms with Crippen LogP contribution in [0.25, 0.3) is 0 Å².